The van der Waals surface area contributed by atoms with Crippen LogP contribution in [0.2, 0.25) is 0 Å². The number of pyridine rings is 1. The average Bonchev–Trinajstić information content (AvgIpc) is 2.73. The molecule has 0 saturated carbocycles. The monoisotopic (exact) mass is 449 g/mol. The van der Waals surface area contributed by atoms with Gasteiger partial charge in [0.15, 0.2) is 0 Å². The van der Waals surface area contributed by atoms with Crippen LogP contribution >= 0.6 is 15.9 Å². The summed E-state index contributed by atoms with van der Waals surface area (Å²) in [7, 11) is 1.89. The average molecular weight is 450 g/mol. The summed E-state index contributed by atoms with van der Waals surface area (Å²) in [5.41, 5.74) is 1.27. The highest BCUT2D eigenvalue weighted by Crippen LogP contribution is 2.22. The molecule has 0 atom stereocenters. The van der Waals surface area contributed by atoms with Crippen LogP contribution in [-0.2, 0) is 11.3 Å². The SMILES string of the molecule is C=C(Br)CCN1CCN(C(=O)C2CCN(Cc3ccnc(NC)c3)CC2)CC1. The predicted octanol–water partition coefficient (Wildman–Crippen LogP) is 2.78. The summed E-state index contributed by atoms with van der Waals surface area (Å²) in [6.07, 6.45) is 4.75. The molecule has 0 spiro atoms. The summed E-state index contributed by atoms with van der Waals surface area (Å²) in [6, 6.07) is 4.17. The third-order valence-corrected chi connectivity index (χ3v) is 6.20. The van der Waals surface area contributed by atoms with E-state index in [0.29, 0.717) is 5.91 Å². The Morgan fingerprint density at radius 1 is 1.21 bits per heavy atom. The zero-order chi connectivity index (χ0) is 19.9. The number of carbonyl (C=O) groups excluding carboxylic acids is 1. The fraction of sp³-hybridized carbons (Fsp3) is 0.619. The van der Waals surface area contributed by atoms with Crippen molar-refractivity contribution in [3.8, 4) is 0 Å². The Morgan fingerprint density at radius 3 is 2.57 bits per heavy atom. The molecule has 3 heterocycles. The first kappa shape index (κ1) is 21.3. The first-order valence-corrected chi connectivity index (χ1v) is 11.0. The minimum absolute atomic E-state index is 0.190. The van der Waals surface area contributed by atoms with Crippen molar-refractivity contribution in [2.45, 2.75) is 25.8 Å². The quantitative estimate of drug-likeness (QED) is 0.693. The van der Waals surface area contributed by atoms with Crippen molar-refractivity contribution >= 4 is 27.7 Å². The van der Waals surface area contributed by atoms with Crippen molar-refractivity contribution in [1.82, 2.24) is 19.7 Å². The highest BCUT2D eigenvalue weighted by atomic mass is 79.9. The van der Waals surface area contributed by atoms with E-state index in [1.54, 1.807) is 0 Å². The number of carbonyl (C=O) groups is 1. The number of amides is 1. The van der Waals surface area contributed by atoms with Gasteiger partial charge in [0.1, 0.15) is 5.82 Å². The van der Waals surface area contributed by atoms with Crippen molar-refractivity contribution in [2.24, 2.45) is 5.92 Å². The Balaban J connectivity index is 1.41. The van der Waals surface area contributed by atoms with Gasteiger partial charge >= 0.3 is 0 Å². The fourth-order valence-corrected chi connectivity index (χ4v) is 4.21. The summed E-state index contributed by atoms with van der Waals surface area (Å²) in [5, 5.41) is 3.09. The number of hydrogen-bond donors (Lipinski definition) is 1. The van der Waals surface area contributed by atoms with Gasteiger partial charge in [-0.05, 0) is 54.5 Å². The number of anilines is 1. The molecule has 0 unspecified atom stereocenters. The van der Waals surface area contributed by atoms with Gasteiger partial charge in [-0.2, -0.15) is 0 Å². The number of nitrogens with zero attached hydrogens (tertiary/aromatic N) is 4. The Bertz CT molecular complexity index is 667. The Hall–Kier alpha value is -1.44. The largest absolute Gasteiger partial charge is 0.373 e. The molecule has 0 aliphatic carbocycles. The van der Waals surface area contributed by atoms with Crippen LogP contribution in [0.5, 0.6) is 0 Å². The zero-order valence-electron chi connectivity index (χ0n) is 16.9. The molecule has 3 rings (SSSR count). The lowest BCUT2D eigenvalue weighted by molar-refractivity contribution is -0.138. The molecule has 1 aromatic rings. The minimum Gasteiger partial charge on any atom is -0.373 e. The second-order valence-electron chi connectivity index (χ2n) is 7.78. The van der Waals surface area contributed by atoms with E-state index in [1.807, 2.05) is 13.2 Å². The predicted molar refractivity (Wildman–Crippen MR) is 117 cm³/mol. The van der Waals surface area contributed by atoms with Crippen LogP contribution in [-0.4, -0.2) is 78.5 Å². The lowest BCUT2D eigenvalue weighted by Gasteiger charge is -2.38. The van der Waals surface area contributed by atoms with Crippen LogP contribution in [0.3, 0.4) is 0 Å². The summed E-state index contributed by atoms with van der Waals surface area (Å²) < 4.78 is 1.05. The number of rotatable bonds is 7. The maximum Gasteiger partial charge on any atom is 0.225 e. The summed E-state index contributed by atoms with van der Waals surface area (Å²) in [5.74, 6) is 1.46. The van der Waals surface area contributed by atoms with Gasteiger partial charge in [0.05, 0.1) is 0 Å². The third kappa shape index (κ3) is 6.03. The van der Waals surface area contributed by atoms with E-state index in [4.69, 9.17) is 0 Å². The maximum absolute atomic E-state index is 12.9. The highest BCUT2D eigenvalue weighted by Gasteiger charge is 2.30. The number of likely N-dealkylation sites (tertiary alicyclic amines) is 1. The van der Waals surface area contributed by atoms with Crippen LogP contribution in [0.1, 0.15) is 24.8 Å². The molecule has 7 heteroatoms. The van der Waals surface area contributed by atoms with Gasteiger partial charge in [-0.25, -0.2) is 4.98 Å². The fourth-order valence-electron chi connectivity index (χ4n) is 4.04. The van der Waals surface area contributed by atoms with Crippen molar-refractivity contribution in [3.05, 3.63) is 35.0 Å². The van der Waals surface area contributed by atoms with Gasteiger partial charge in [0.2, 0.25) is 5.91 Å². The van der Waals surface area contributed by atoms with Crippen molar-refractivity contribution in [3.63, 3.8) is 0 Å². The molecule has 2 aliphatic rings. The number of aromatic nitrogens is 1. The topological polar surface area (TPSA) is 51.7 Å². The molecule has 2 saturated heterocycles. The van der Waals surface area contributed by atoms with E-state index in [-0.39, 0.29) is 5.92 Å². The molecule has 154 valence electrons. The normalized spacial score (nSPS) is 19.6. The number of hydrogen-bond acceptors (Lipinski definition) is 5. The molecule has 0 aromatic carbocycles. The van der Waals surface area contributed by atoms with E-state index < -0.39 is 0 Å². The van der Waals surface area contributed by atoms with E-state index in [1.165, 1.54) is 5.56 Å². The molecule has 1 N–H and O–H groups in total. The van der Waals surface area contributed by atoms with Gasteiger partial charge in [-0.1, -0.05) is 22.5 Å². The molecule has 0 bridgehead atoms. The molecule has 1 aromatic heterocycles. The lowest BCUT2D eigenvalue weighted by atomic mass is 9.94. The van der Waals surface area contributed by atoms with E-state index in [0.717, 1.165) is 81.9 Å². The number of piperazine rings is 1. The van der Waals surface area contributed by atoms with E-state index in [2.05, 4.69) is 59.6 Å². The first-order chi connectivity index (χ1) is 13.5. The number of nitrogens with one attached hydrogen (secondary N) is 1. The Kier molecular flexibility index (Phi) is 7.88. The van der Waals surface area contributed by atoms with Crippen molar-refractivity contribution < 1.29 is 4.79 Å². The minimum atomic E-state index is 0.190. The Morgan fingerprint density at radius 2 is 1.93 bits per heavy atom. The molecular formula is C21H32BrN5O. The van der Waals surface area contributed by atoms with Crippen LogP contribution < -0.4 is 5.32 Å². The molecule has 6 nitrogen and oxygen atoms in total. The molecule has 28 heavy (non-hydrogen) atoms. The van der Waals surface area contributed by atoms with E-state index >= 15 is 0 Å². The van der Waals surface area contributed by atoms with Crippen LogP contribution in [0.4, 0.5) is 5.82 Å². The maximum atomic E-state index is 12.9. The van der Waals surface area contributed by atoms with Gasteiger partial charge in [0, 0.05) is 58.4 Å². The molecule has 0 radical (unpaired) electrons. The molecule has 2 aliphatic heterocycles. The highest BCUT2D eigenvalue weighted by molar-refractivity contribution is 9.11. The van der Waals surface area contributed by atoms with Crippen LogP contribution in [0.25, 0.3) is 0 Å². The number of piperidine rings is 1. The molecular weight excluding hydrogens is 418 g/mol. The molecule has 1 amide bonds. The second kappa shape index (κ2) is 10.4. The standard InChI is InChI=1S/C21H32BrN5O/c1-17(22)4-8-25-11-13-27(14-12-25)21(28)19-5-9-26(10-6-19)16-18-3-7-24-20(15-18)23-2/h3,7,15,19H,1,4-6,8-14,16H2,2H3,(H,23,24). The van der Waals surface area contributed by atoms with Gasteiger partial charge in [0.25, 0.3) is 0 Å². The zero-order valence-corrected chi connectivity index (χ0v) is 18.5. The summed E-state index contributed by atoms with van der Waals surface area (Å²) in [6.45, 7) is 11.5. The third-order valence-electron chi connectivity index (χ3n) is 5.81. The lowest BCUT2D eigenvalue weighted by Crippen LogP contribution is -2.51. The van der Waals surface area contributed by atoms with Crippen molar-refractivity contribution in [1.29, 1.82) is 0 Å². The van der Waals surface area contributed by atoms with Gasteiger partial charge < -0.3 is 10.2 Å². The first-order valence-electron chi connectivity index (χ1n) is 10.2. The summed E-state index contributed by atoms with van der Waals surface area (Å²) in [4.78, 5) is 24.2. The van der Waals surface area contributed by atoms with Gasteiger partial charge in [-0.15, -0.1) is 0 Å². The smallest absolute Gasteiger partial charge is 0.225 e. The van der Waals surface area contributed by atoms with Crippen molar-refractivity contribution in [2.75, 3.05) is 58.2 Å². The van der Waals surface area contributed by atoms with Crippen LogP contribution in [0.15, 0.2) is 29.4 Å². The van der Waals surface area contributed by atoms with E-state index in [9.17, 15) is 4.79 Å². The van der Waals surface area contributed by atoms with Crippen LogP contribution in [0, 0.1) is 5.92 Å². The molecule has 2 fully saturated rings. The Labute approximate surface area is 177 Å². The summed E-state index contributed by atoms with van der Waals surface area (Å²) >= 11 is 3.43. The second-order valence-corrected chi connectivity index (χ2v) is 8.91. The van der Waals surface area contributed by atoms with Gasteiger partial charge in [-0.3, -0.25) is 14.6 Å². The number of halogens is 1.